The number of imidazole rings is 2. The van der Waals surface area contributed by atoms with Gasteiger partial charge in [-0.3, -0.25) is 9.80 Å². The zero-order valence-corrected chi connectivity index (χ0v) is 27.6. The molecule has 8 rings (SSSR count). The minimum Gasteiger partial charge on any atom is -0.341 e. The average Bonchev–Trinajstić information content (AvgIpc) is 3.98. The molecule has 2 aliphatic heterocycles. The van der Waals surface area contributed by atoms with Crippen LogP contribution in [0.25, 0.3) is 33.6 Å². The number of aromatic nitrogens is 4. The van der Waals surface area contributed by atoms with Crippen molar-refractivity contribution in [2.24, 2.45) is 0 Å². The van der Waals surface area contributed by atoms with Gasteiger partial charge in [0.15, 0.2) is 0 Å². The molecule has 3 unspecified atom stereocenters. The van der Waals surface area contributed by atoms with Crippen molar-refractivity contribution in [1.82, 2.24) is 29.7 Å². The summed E-state index contributed by atoms with van der Waals surface area (Å²) in [6.07, 6.45) is 16.6. The van der Waals surface area contributed by atoms with E-state index in [-0.39, 0.29) is 24.2 Å². The van der Waals surface area contributed by atoms with E-state index in [9.17, 15) is 9.59 Å². The van der Waals surface area contributed by atoms with Crippen LogP contribution in [0.4, 0.5) is 0 Å². The quantitative estimate of drug-likeness (QED) is 0.200. The lowest BCUT2D eigenvalue weighted by molar-refractivity contribution is 0.175. The highest BCUT2D eigenvalue weighted by Crippen LogP contribution is 2.40. The standard InChI is InChI=1S/C40H44N6O2/c47-25-31-7-1-3-9-35(31)45-21-5-11-37(45)39-41-23-33(43-39)29-17-13-27(14-18-29)28-15-19-30(20-16-28)34-24-42-40(44-34)38-12-6-22-46(38)36-10-4-2-8-32(36)26-48/h13-20,23-24,35-38H,1-12,21-22H2,(H,41,43)(H,42,44)/t35-,36?,37?,38?/m0/s1. The average molecular weight is 641 g/mol. The monoisotopic (exact) mass is 640 g/mol. The number of likely N-dealkylation sites (tertiary alicyclic amines) is 2. The topological polar surface area (TPSA) is 98.0 Å². The fourth-order valence-corrected chi connectivity index (χ4v) is 8.86. The van der Waals surface area contributed by atoms with Crippen LogP contribution in [0.15, 0.2) is 72.1 Å². The van der Waals surface area contributed by atoms with Gasteiger partial charge in [-0.2, -0.15) is 0 Å². The summed E-state index contributed by atoms with van der Waals surface area (Å²) < 4.78 is 0. The minimum absolute atomic E-state index is 0.206. The molecule has 0 radical (unpaired) electrons. The molecule has 2 N–H and O–H groups in total. The second-order valence-corrected chi connectivity index (χ2v) is 14.1. The third kappa shape index (κ3) is 5.95. The summed E-state index contributed by atoms with van der Waals surface area (Å²) in [6, 6.07) is 18.2. The molecule has 2 aliphatic carbocycles. The number of aromatic amines is 2. The molecular weight excluding hydrogens is 596 g/mol. The van der Waals surface area contributed by atoms with E-state index >= 15 is 0 Å². The number of benzene rings is 2. The Morgan fingerprint density at radius 2 is 0.917 bits per heavy atom. The summed E-state index contributed by atoms with van der Waals surface area (Å²) in [5, 5.41) is 0. The summed E-state index contributed by atoms with van der Waals surface area (Å²) in [5.74, 6) is 6.53. The van der Waals surface area contributed by atoms with Crippen molar-refractivity contribution < 1.29 is 9.59 Å². The van der Waals surface area contributed by atoms with Gasteiger partial charge in [-0.1, -0.05) is 61.4 Å². The molecule has 2 saturated heterocycles. The van der Waals surface area contributed by atoms with Crippen molar-refractivity contribution in [3.63, 3.8) is 0 Å². The molecule has 2 aromatic carbocycles. The van der Waals surface area contributed by atoms with Crippen LogP contribution in [-0.4, -0.2) is 66.8 Å². The molecule has 2 aromatic heterocycles. The van der Waals surface area contributed by atoms with Gasteiger partial charge in [0.1, 0.15) is 23.5 Å². The minimum atomic E-state index is 0.206. The number of rotatable bonds is 7. The third-order valence-corrected chi connectivity index (χ3v) is 11.4. The number of hydrogen-bond acceptors (Lipinski definition) is 6. The van der Waals surface area contributed by atoms with E-state index in [1.165, 1.54) is 12.8 Å². The molecule has 8 nitrogen and oxygen atoms in total. The van der Waals surface area contributed by atoms with Gasteiger partial charge < -0.3 is 9.97 Å². The fraction of sp³-hybridized carbons (Fsp3) is 0.450. The molecule has 4 aliphatic rings. The van der Waals surface area contributed by atoms with E-state index < -0.39 is 0 Å². The molecule has 4 aromatic rings. The molecule has 4 atom stereocenters. The molecule has 0 amide bonds. The molecular formula is C40H44N6O2. The number of nitrogens with zero attached hydrogens (tertiary/aromatic N) is 4. The Bertz CT molecular complexity index is 1710. The lowest BCUT2D eigenvalue weighted by atomic mass is 9.89. The highest BCUT2D eigenvalue weighted by atomic mass is 16.1. The van der Waals surface area contributed by atoms with Gasteiger partial charge in [0.2, 0.25) is 0 Å². The molecule has 8 heteroatoms. The predicted molar refractivity (Wildman–Crippen MR) is 187 cm³/mol. The first kappa shape index (κ1) is 31.0. The maximum absolute atomic E-state index is 11.7. The normalized spacial score (nSPS) is 25.3. The van der Waals surface area contributed by atoms with Crippen LogP contribution in [0.5, 0.6) is 0 Å². The third-order valence-electron chi connectivity index (χ3n) is 11.4. The molecule has 2 saturated carbocycles. The van der Waals surface area contributed by atoms with E-state index in [0.717, 1.165) is 134 Å². The van der Waals surface area contributed by atoms with Crippen LogP contribution >= 0.6 is 0 Å². The molecule has 246 valence electrons. The highest BCUT2D eigenvalue weighted by Gasteiger charge is 2.38. The van der Waals surface area contributed by atoms with Gasteiger partial charge in [-0.25, -0.2) is 19.6 Å². The zero-order chi connectivity index (χ0) is 32.5. The van der Waals surface area contributed by atoms with Crippen LogP contribution in [0.3, 0.4) is 0 Å². The zero-order valence-electron chi connectivity index (χ0n) is 27.6. The van der Waals surface area contributed by atoms with Gasteiger partial charge in [-0.05, 0) is 99.6 Å². The number of carbonyl (C=O) groups excluding carboxylic acids is 2. The van der Waals surface area contributed by atoms with Crippen molar-refractivity contribution in [3.8, 4) is 33.6 Å². The second kappa shape index (κ2) is 13.7. The van der Waals surface area contributed by atoms with Gasteiger partial charge in [0.05, 0.1) is 35.9 Å². The van der Waals surface area contributed by atoms with Gasteiger partial charge >= 0.3 is 0 Å². The molecule has 0 bridgehead atoms. The summed E-state index contributed by atoms with van der Waals surface area (Å²) in [4.78, 5) is 45.2. The van der Waals surface area contributed by atoms with Crippen molar-refractivity contribution in [2.75, 3.05) is 13.1 Å². The summed E-state index contributed by atoms with van der Waals surface area (Å²) in [7, 11) is 0. The lowest BCUT2D eigenvalue weighted by Crippen LogP contribution is -2.38. The second-order valence-electron chi connectivity index (χ2n) is 14.1. The maximum atomic E-state index is 11.7. The van der Waals surface area contributed by atoms with Crippen molar-refractivity contribution in [3.05, 3.63) is 83.7 Å². The van der Waals surface area contributed by atoms with Crippen LogP contribution in [0.2, 0.25) is 0 Å². The predicted octanol–water partition coefficient (Wildman–Crippen LogP) is 7.81. The first-order chi connectivity index (χ1) is 23.7. The van der Waals surface area contributed by atoms with Crippen molar-refractivity contribution in [2.45, 2.75) is 101 Å². The molecule has 4 heterocycles. The Labute approximate surface area is 282 Å². The van der Waals surface area contributed by atoms with Gasteiger partial charge in [0, 0.05) is 23.2 Å². The number of nitrogens with one attached hydrogen (secondary N) is 2. The van der Waals surface area contributed by atoms with Crippen LogP contribution in [-0.2, 0) is 9.59 Å². The largest absolute Gasteiger partial charge is 0.341 e. The Balaban J connectivity index is 0.939. The summed E-state index contributed by atoms with van der Waals surface area (Å²) in [6.45, 7) is 2.01. The number of H-pyrrole nitrogens is 2. The highest BCUT2D eigenvalue weighted by molar-refractivity contribution is 5.71. The Morgan fingerprint density at radius 3 is 1.33 bits per heavy atom. The lowest BCUT2D eigenvalue weighted by Gasteiger charge is -2.35. The maximum Gasteiger partial charge on any atom is 0.125 e. The van der Waals surface area contributed by atoms with Crippen LogP contribution < -0.4 is 0 Å². The Hall–Kier alpha value is -4.32. The SMILES string of the molecule is O=C=C1CCCCC1N1CCCC1c1ncc(-c2ccc(-c3ccc(-c4cnc(C5CCCN5[C@H]5CCCCC5=C=O)[nH]4)cc3)cc2)[nH]1. The summed E-state index contributed by atoms with van der Waals surface area (Å²) in [5.41, 5.74) is 8.47. The summed E-state index contributed by atoms with van der Waals surface area (Å²) >= 11 is 0. The smallest absolute Gasteiger partial charge is 0.125 e. The first-order valence-corrected chi connectivity index (χ1v) is 18.0. The molecule has 4 fully saturated rings. The van der Waals surface area contributed by atoms with E-state index in [4.69, 9.17) is 9.97 Å². The van der Waals surface area contributed by atoms with E-state index in [1.807, 2.05) is 12.4 Å². The van der Waals surface area contributed by atoms with Gasteiger partial charge in [0.25, 0.3) is 0 Å². The number of hydrogen-bond donors (Lipinski definition) is 2. The Morgan fingerprint density at radius 1 is 0.521 bits per heavy atom. The van der Waals surface area contributed by atoms with Crippen molar-refractivity contribution in [1.29, 1.82) is 0 Å². The van der Waals surface area contributed by atoms with E-state index in [1.54, 1.807) is 0 Å². The van der Waals surface area contributed by atoms with Crippen LogP contribution in [0, 0.1) is 0 Å². The van der Waals surface area contributed by atoms with Crippen molar-refractivity contribution >= 4 is 11.9 Å². The Kier molecular flexibility index (Phi) is 8.81. The molecule has 0 spiro atoms. The van der Waals surface area contributed by atoms with Gasteiger partial charge in [-0.15, -0.1) is 0 Å². The van der Waals surface area contributed by atoms with Crippen LogP contribution in [0.1, 0.15) is 101 Å². The van der Waals surface area contributed by atoms with E-state index in [2.05, 4.69) is 80.2 Å². The van der Waals surface area contributed by atoms with E-state index in [0.29, 0.717) is 0 Å². The molecule has 48 heavy (non-hydrogen) atoms. The first-order valence-electron chi connectivity index (χ1n) is 18.0. The fourth-order valence-electron chi connectivity index (χ4n) is 8.86.